The van der Waals surface area contributed by atoms with Gasteiger partial charge in [0.2, 0.25) is 0 Å². The summed E-state index contributed by atoms with van der Waals surface area (Å²) in [4.78, 5) is 26.1. The SMILES string of the molecule is C[C@H](C(=O)Nc1cccc(Cl)c1)[NH+](C)CC(=O)N(C)C. The number of hydrogen-bond donors (Lipinski definition) is 2. The summed E-state index contributed by atoms with van der Waals surface area (Å²) in [5.74, 6) is -0.152. The van der Waals surface area contributed by atoms with Crippen LogP contribution in [0.2, 0.25) is 5.02 Å². The van der Waals surface area contributed by atoms with Gasteiger partial charge in [-0.2, -0.15) is 0 Å². The minimum Gasteiger partial charge on any atom is -0.344 e. The minimum absolute atomic E-state index is 0.00935. The van der Waals surface area contributed by atoms with Crippen molar-refractivity contribution in [3.8, 4) is 0 Å². The Morgan fingerprint density at radius 2 is 2.05 bits per heavy atom. The van der Waals surface area contributed by atoms with Gasteiger partial charge in [0.1, 0.15) is 0 Å². The number of benzene rings is 1. The number of amides is 2. The van der Waals surface area contributed by atoms with E-state index in [0.29, 0.717) is 10.7 Å². The summed E-state index contributed by atoms with van der Waals surface area (Å²) in [5.41, 5.74) is 0.654. The van der Waals surface area contributed by atoms with Crippen molar-refractivity contribution in [2.75, 3.05) is 33.0 Å². The molecule has 0 aromatic heterocycles. The van der Waals surface area contributed by atoms with Gasteiger partial charge in [-0.25, -0.2) is 0 Å². The van der Waals surface area contributed by atoms with E-state index in [4.69, 9.17) is 11.6 Å². The van der Waals surface area contributed by atoms with Crippen molar-refractivity contribution in [2.45, 2.75) is 13.0 Å². The van der Waals surface area contributed by atoms with Crippen molar-refractivity contribution >= 4 is 29.1 Å². The molecule has 1 unspecified atom stereocenters. The Labute approximate surface area is 124 Å². The molecule has 0 radical (unpaired) electrons. The van der Waals surface area contributed by atoms with Crippen molar-refractivity contribution in [2.24, 2.45) is 0 Å². The van der Waals surface area contributed by atoms with Gasteiger partial charge in [-0.05, 0) is 25.1 Å². The van der Waals surface area contributed by atoms with Gasteiger partial charge in [-0.1, -0.05) is 17.7 Å². The smallest absolute Gasteiger partial charge is 0.282 e. The summed E-state index contributed by atoms with van der Waals surface area (Å²) in [6, 6.07) is 6.64. The Bertz CT molecular complexity index is 491. The first kappa shape index (κ1) is 16.5. The molecule has 1 rings (SSSR count). The van der Waals surface area contributed by atoms with Crippen LogP contribution in [0.3, 0.4) is 0 Å². The van der Waals surface area contributed by atoms with E-state index < -0.39 is 0 Å². The van der Waals surface area contributed by atoms with Gasteiger partial charge in [0.25, 0.3) is 11.8 Å². The van der Waals surface area contributed by atoms with Crippen LogP contribution < -0.4 is 10.2 Å². The minimum atomic E-state index is -0.335. The number of quaternary nitrogens is 1. The number of carbonyl (C=O) groups is 2. The zero-order chi connectivity index (χ0) is 15.3. The number of halogens is 1. The molecule has 0 aliphatic carbocycles. The molecule has 0 bridgehead atoms. The Balaban J connectivity index is 2.60. The largest absolute Gasteiger partial charge is 0.344 e. The van der Waals surface area contributed by atoms with E-state index in [9.17, 15) is 9.59 Å². The fourth-order valence-corrected chi connectivity index (χ4v) is 1.78. The second-order valence-corrected chi connectivity index (χ2v) is 5.47. The first-order chi connectivity index (χ1) is 9.31. The highest BCUT2D eigenvalue weighted by Gasteiger charge is 2.24. The molecule has 0 saturated carbocycles. The van der Waals surface area contributed by atoms with Gasteiger partial charge in [-0.3, -0.25) is 9.59 Å². The molecule has 2 N–H and O–H groups in total. The van der Waals surface area contributed by atoms with Crippen LogP contribution in [0.15, 0.2) is 24.3 Å². The highest BCUT2D eigenvalue weighted by Crippen LogP contribution is 2.14. The first-order valence-electron chi connectivity index (χ1n) is 6.40. The molecule has 5 nitrogen and oxygen atoms in total. The maximum absolute atomic E-state index is 12.1. The van der Waals surface area contributed by atoms with Crippen LogP contribution in [-0.4, -0.2) is 50.4 Å². The first-order valence-corrected chi connectivity index (χ1v) is 6.78. The molecule has 0 aliphatic rings. The van der Waals surface area contributed by atoms with Crippen LogP contribution >= 0.6 is 11.6 Å². The molecule has 0 aliphatic heterocycles. The summed E-state index contributed by atoms with van der Waals surface area (Å²) < 4.78 is 0. The lowest BCUT2D eigenvalue weighted by Gasteiger charge is -2.22. The predicted molar refractivity (Wildman–Crippen MR) is 80.0 cm³/mol. The van der Waals surface area contributed by atoms with E-state index in [0.717, 1.165) is 4.90 Å². The number of rotatable bonds is 5. The predicted octanol–water partition coefficient (Wildman–Crippen LogP) is 0.270. The highest BCUT2D eigenvalue weighted by molar-refractivity contribution is 6.30. The van der Waals surface area contributed by atoms with E-state index in [2.05, 4.69) is 5.32 Å². The standard InChI is InChI=1S/C14H20ClN3O2/c1-10(18(4)9-13(19)17(2)3)14(20)16-12-7-5-6-11(15)8-12/h5-8,10H,9H2,1-4H3,(H,16,20)/p+1/t10-/m1/s1. The highest BCUT2D eigenvalue weighted by atomic mass is 35.5. The quantitative estimate of drug-likeness (QED) is 0.820. The van der Waals surface area contributed by atoms with Crippen molar-refractivity contribution < 1.29 is 14.5 Å². The summed E-state index contributed by atoms with van der Waals surface area (Å²) >= 11 is 5.87. The van der Waals surface area contributed by atoms with Gasteiger partial charge in [0, 0.05) is 24.8 Å². The number of carbonyl (C=O) groups excluding carboxylic acids is 2. The number of hydrogen-bond acceptors (Lipinski definition) is 2. The Morgan fingerprint density at radius 3 is 2.60 bits per heavy atom. The third-order valence-electron chi connectivity index (χ3n) is 3.15. The Morgan fingerprint density at radius 1 is 1.40 bits per heavy atom. The lowest BCUT2D eigenvalue weighted by molar-refractivity contribution is -0.886. The maximum atomic E-state index is 12.1. The molecule has 0 heterocycles. The second kappa shape index (κ2) is 7.26. The van der Waals surface area contributed by atoms with E-state index in [1.54, 1.807) is 45.3 Å². The summed E-state index contributed by atoms with van der Waals surface area (Å²) in [5, 5.41) is 3.37. The molecule has 0 spiro atoms. The van der Waals surface area contributed by atoms with Crippen LogP contribution in [0, 0.1) is 0 Å². The fraction of sp³-hybridized carbons (Fsp3) is 0.429. The molecule has 2 atom stereocenters. The monoisotopic (exact) mass is 298 g/mol. The van der Waals surface area contributed by atoms with Crippen molar-refractivity contribution in [3.05, 3.63) is 29.3 Å². The van der Waals surface area contributed by atoms with Gasteiger partial charge >= 0.3 is 0 Å². The van der Waals surface area contributed by atoms with Crippen molar-refractivity contribution in [1.82, 2.24) is 4.90 Å². The molecule has 0 fully saturated rings. The zero-order valence-electron chi connectivity index (χ0n) is 12.2. The topological polar surface area (TPSA) is 53.9 Å². The average Bonchev–Trinajstić information content (AvgIpc) is 2.37. The molecule has 0 saturated heterocycles. The lowest BCUT2D eigenvalue weighted by Crippen LogP contribution is -3.15. The van der Waals surface area contributed by atoms with Crippen LogP contribution in [-0.2, 0) is 9.59 Å². The van der Waals surface area contributed by atoms with E-state index in [1.165, 1.54) is 4.90 Å². The van der Waals surface area contributed by atoms with Gasteiger partial charge in [0.15, 0.2) is 12.6 Å². The normalized spacial score (nSPS) is 13.4. The molecular formula is C14H21ClN3O2+. The summed E-state index contributed by atoms with van der Waals surface area (Å²) in [6.07, 6.45) is 0. The van der Waals surface area contributed by atoms with Crippen LogP contribution in [0.4, 0.5) is 5.69 Å². The van der Waals surface area contributed by atoms with Gasteiger partial charge in [-0.15, -0.1) is 0 Å². The molecule has 110 valence electrons. The number of nitrogens with one attached hydrogen (secondary N) is 2. The zero-order valence-corrected chi connectivity index (χ0v) is 13.0. The molecule has 20 heavy (non-hydrogen) atoms. The average molecular weight is 299 g/mol. The molecule has 2 amide bonds. The van der Waals surface area contributed by atoms with Crippen molar-refractivity contribution in [3.63, 3.8) is 0 Å². The molecule has 6 heteroatoms. The third-order valence-corrected chi connectivity index (χ3v) is 3.39. The van der Waals surface area contributed by atoms with Gasteiger partial charge in [0.05, 0.1) is 7.05 Å². The third kappa shape index (κ3) is 4.83. The lowest BCUT2D eigenvalue weighted by atomic mass is 10.2. The van der Waals surface area contributed by atoms with E-state index in [-0.39, 0.29) is 24.4 Å². The second-order valence-electron chi connectivity index (χ2n) is 5.03. The molecule has 1 aromatic carbocycles. The molecular weight excluding hydrogens is 278 g/mol. The Kier molecular flexibility index (Phi) is 5.98. The number of likely N-dealkylation sites (N-methyl/N-ethyl adjacent to an activating group) is 2. The van der Waals surface area contributed by atoms with Crippen LogP contribution in [0.5, 0.6) is 0 Å². The molecule has 1 aromatic rings. The Hall–Kier alpha value is -1.59. The fourth-order valence-electron chi connectivity index (χ4n) is 1.59. The van der Waals surface area contributed by atoms with E-state index >= 15 is 0 Å². The van der Waals surface area contributed by atoms with Crippen LogP contribution in [0.1, 0.15) is 6.92 Å². The van der Waals surface area contributed by atoms with Crippen molar-refractivity contribution in [1.29, 1.82) is 0 Å². The number of anilines is 1. The maximum Gasteiger partial charge on any atom is 0.282 e. The van der Waals surface area contributed by atoms with E-state index in [1.807, 2.05) is 7.05 Å². The summed E-state index contributed by atoms with van der Waals surface area (Å²) in [7, 11) is 5.22. The number of nitrogens with zero attached hydrogens (tertiary/aromatic N) is 1. The summed E-state index contributed by atoms with van der Waals surface area (Å²) in [6.45, 7) is 2.06. The van der Waals surface area contributed by atoms with Gasteiger partial charge < -0.3 is 15.1 Å². The van der Waals surface area contributed by atoms with Crippen LogP contribution in [0.25, 0.3) is 0 Å².